The van der Waals surface area contributed by atoms with Crippen LogP contribution in [0.2, 0.25) is 0 Å². The van der Waals surface area contributed by atoms with E-state index in [9.17, 15) is 4.79 Å². The fraction of sp³-hybridized carbons (Fsp3) is 0.964. The summed E-state index contributed by atoms with van der Waals surface area (Å²) in [5, 5.41) is 0. The van der Waals surface area contributed by atoms with E-state index in [0.29, 0.717) is 52.9 Å². The van der Waals surface area contributed by atoms with Gasteiger partial charge in [0.25, 0.3) is 0 Å². The molecule has 0 aliphatic heterocycles. The van der Waals surface area contributed by atoms with Gasteiger partial charge in [-0.05, 0) is 78.4 Å². The van der Waals surface area contributed by atoms with E-state index in [2.05, 4.69) is 76.2 Å². The van der Waals surface area contributed by atoms with Crippen LogP contribution < -0.4 is 0 Å². The van der Waals surface area contributed by atoms with Gasteiger partial charge in [0, 0.05) is 0 Å². The summed E-state index contributed by atoms with van der Waals surface area (Å²) in [6.07, 6.45) is 6.96. The van der Waals surface area contributed by atoms with Gasteiger partial charge in [-0.3, -0.25) is 4.79 Å². The van der Waals surface area contributed by atoms with Gasteiger partial charge in [-0.25, -0.2) is 0 Å². The van der Waals surface area contributed by atoms with Gasteiger partial charge in [0.05, 0.1) is 12.5 Å². The van der Waals surface area contributed by atoms with Gasteiger partial charge in [0.1, 0.15) is 0 Å². The number of carbonyl (C=O) groups is 1. The Bertz CT molecular complexity index is 510. The molecule has 0 N–H and O–H groups in total. The molecule has 178 valence electrons. The SMILES string of the molecule is CC(CCC(COC(=O)C1CC(C)C(C)CC1C)C(C)CC(C)(C)C)CC(C)(C)C. The predicted molar refractivity (Wildman–Crippen MR) is 130 cm³/mol. The lowest BCUT2D eigenvalue weighted by Crippen LogP contribution is -2.35. The van der Waals surface area contributed by atoms with E-state index in [-0.39, 0.29) is 11.9 Å². The van der Waals surface area contributed by atoms with Crippen molar-refractivity contribution < 1.29 is 9.53 Å². The van der Waals surface area contributed by atoms with Gasteiger partial charge in [-0.2, -0.15) is 0 Å². The first kappa shape index (κ1) is 27.5. The van der Waals surface area contributed by atoms with Crippen LogP contribution in [0.3, 0.4) is 0 Å². The molecule has 0 saturated heterocycles. The third kappa shape index (κ3) is 10.2. The summed E-state index contributed by atoms with van der Waals surface area (Å²) in [6.45, 7) is 26.2. The highest BCUT2D eigenvalue weighted by Crippen LogP contribution is 2.39. The summed E-state index contributed by atoms with van der Waals surface area (Å²) in [5.74, 6) is 3.69. The molecule has 30 heavy (non-hydrogen) atoms. The van der Waals surface area contributed by atoms with Crippen molar-refractivity contribution in [1.29, 1.82) is 0 Å². The van der Waals surface area contributed by atoms with Crippen LogP contribution in [0.4, 0.5) is 0 Å². The Labute approximate surface area is 189 Å². The smallest absolute Gasteiger partial charge is 0.309 e. The van der Waals surface area contributed by atoms with Crippen LogP contribution in [0, 0.1) is 52.3 Å². The highest BCUT2D eigenvalue weighted by atomic mass is 16.5. The summed E-state index contributed by atoms with van der Waals surface area (Å²) in [7, 11) is 0. The van der Waals surface area contributed by atoms with Crippen molar-refractivity contribution in [3.05, 3.63) is 0 Å². The molecule has 1 fully saturated rings. The second-order valence-electron chi connectivity index (χ2n) is 13.6. The fourth-order valence-electron chi connectivity index (χ4n) is 5.78. The topological polar surface area (TPSA) is 26.3 Å². The zero-order chi connectivity index (χ0) is 23.3. The van der Waals surface area contributed by atoms with Crippen molar-refractivity contribution in [3.63, 3.8) is 0 Å². The molecule has 1 aliphatic carbocycles. The lowest BCUT2D eigenvalue weighted by Gasteiger charge is -2.36. The van der Waals surface area contributed by atoms with E-state index < -0.39 is 0 Å². The molecule has 0 bridgehead atoms. The van der Waals surface area contributed by atoms with Crippen molar-refractivity contribution in [2.24, 2.45) is 52.3 Å². The van der Waals surface area contributed by atoms with E-state index in [0.717, 1.165) is 19.3 Å². The average molecular weight is 423 g/mol. The van der Waals surface area contributed by atoms with Gasteiger partial charge in [0.15, 0.2) is 0 Å². The fourth-order valence-corrected chi connectivity index (χ4v) is 5.78. The van der Waals surface area contributed by atoms with Crippen molar-refractivity contribution in [2.75, 3.05) is 6.61 Å². The van der Waals surface area contributed by atoms with Gasteiger partial charge >= 0.3 is 5.97 Å². The Morgan fingerprint density at radius 2 is 1.37 bits per heavy atom. The third-order valence-corrected chi connectivity index (χ3v) is 7.50. The van der Waals surface area contributed by atoms with Crippen LogP contribution >= 0.6 is 0 Å². The van der Waals surface area contributed by atoms with E-state index in [1.54, 1.807) is 0 Å². The quantitative estimate of drug-likeness (QED) is 0.349. The summed E-state index contributed by atoms with van der Waals surface area (Å²) in [4.78, 5) is 13.0. The number of hydrogen-bond acceptors (Lipinski definition) is 2. The first-order valence-corrected chi connectivity index (χ1v) is 12.8. The summed E-state index contributed by atoms with van der Waals surface area (Å²) in [5.41, 5.74) is 0.686. The molecule has 2 nitrogen and oxygen atoms in total. The molecule has 1 rings (SSSR count). The molecule has 0 radical (unpaired) electrons. The summed E-state index contributed by atoms with van der Waals surface area (Å²) >= 11 is 0. The molecule has 0 aromatic heterocycles. The Kier molecular flexibility index (Phi) is 10.4. The standard InChI is InChI=1S/C28H54O2/c1-19(16-27(6,7)8)12-13-24(23(5)17-28(9,10)11)18-30-26(29)25-15-21(3)20(2)14-22(25)4/h19-25H,12-18H2,1-11H3. The number of esters is 1. The first-order valence-electron chi connectivity index (χ1n) is 12.8. The van der Waals surface area contributed by atoms with Gasteiger partial charge in [-0.15, -0.1) is 0 Å². The monoisotopic (exact) mass is 422 g/mol. The van der Waals surface area contributed by atoms with Crippen LogP contribution in [0.1, 0.15) is 115 Å². The molecule has 0 spiro atoms. The Balaban J connectivity index is 2.71. The third-order valence-electron chi connectivity index (χ3n) is 7.50. The van der Waals surface area contributed by atoms with Gasteiger partial charge in [-0.1, -0.05) is 82.6 Å². The summed E-state index contributed by atoms with van der Waals surface area (Å²) in [6, 6.07) is 0. The molecule has 2 heteroatoms. The molecule has 7 unspecified atom stereocenters. The van der Waals surface area contributed by atoms with Crippen LogP contribution in [-0.4, -0.2) is 12.6 Å². The average Bonchev–Trinajstić information content (AvgIpc) is 2.54. The molecule has 1 aliphatic rings. The van der Waals surface area contributed by atoms with E-state index in [4.69, 9.17) is 4.74 Å². The van der Waals surface area contributed by atoms with E-state index >= 15 is 0 Å². The second-order valence-corrected chi connectivity index (χ2v) is 13.6. The number of hydrogen-bond donors (Lipinski definition) is 0. The molecule has 0 heterocycles. The summed E-state index contributed by atoms with van der Waals surface area (Å²) < 4.78 is 6.03. The number of carbonyl (C=O) groups excluding carboxylic acids is 1. The largest absolute Gasteiger partial charge is 0.465 e. The zero-order valence-electron chi connectivity index (χ0n) is 22.3. The molecular formula is C28H54O2. The number of rotatable bonds is 9. The van der Waals surface area contributed by atoms with Crippen LogP contribution in [0.5, 0.6) is 0 Å². The minimum Gasteiger partial charge on any atom is -0.465 e. The highest BCUT2D eigenvalue weighted by Gasteiger charge is 2.36. The van der Waals surface area contributed by atoms with Crippen LogP contribution in [0.15, 0.2) is 0 Å². The lowest BCUT2D eigenvalue weighted by atomic mass is 9.70. The minimum absolute atomic E-state index is 0.0666. The molecule has 1 saturated carbocycles. The van der Waals surface area contributed by atoms with Crippen LogP contribution in [0.25, 0.3) is 0 Å². The van der Waals surface area contributed by atoms with Crippen LogP contribution in [-0.2, 0) is 9.53 Å². The maximum atomic E-state index is 13.0. The molecule has 0 aromatic rings. The molecular weight excluding hydrogens is 368 g/mol. The van der Waals surface area contributed by atoms with Crippen molar-refractivity contribution >= 4 is 5.97 Å². The Hall–Kier alpha value is -0.530. The van der Waals surface area contributed by atoms with E-state index in [1.807, 2.05) is 0 Å². The molecule has 0 aromatic carbocycles. The molecule has 7 atom stereocenters. The van der Waals surface area contributed by atoms with Crippen molar-refractivity contribution in [2.45, 2.75) is 115 Å². The Morgan fingerprint density at radius 1 is 0.833 bits per heavy atom. The minimum atomic E-state index is 0.0666. The van der Waals surface area contributed by atoms with E-state index in [1.165, 1.54) is 19.3 Å². The normalized spacial score (nSPS) is 28.6. The van der Waals surface area contributed by atoms with Crippen molar-refractivity contribution in [1.82, 2.24) is 0 Å². The van der Waals surface area contributed by atoms with Gasteiger partial charge in [0.2, 0.25) is 0 Å². The first-order chi connectivity index (χ1) is 13.6. The maximum Gasteiger partial charge on any atom is 0.309 e. The Morgan fingerprint density at radius 3 is 1.90 bits per heavy atom. The predicted octanol–water partition coefficient (Wildman–Crippen LogP) is 8.39. The highest BCUT2D eigenvalue weighted by molar-refractivity contribution is 5.73. The maximum absolute atomic E-state index is 13.0. The number of ether oxygens (including phenoxy) is 1. The van der Waals surface area contributed by atoms with Gasteiger partial charge < -0.3 is 4.74 Å². The lowest BCUT2D eigenvalue weighted by molar-refractivity contribution is -0.155. The zero-order valence-corrected chi connectivity index (χ0v) is 22.3. The van der Waals surface area contributed by atoms with Crippen molar-refractivity contribution in [3.8, 4) is 0 Å². The molecule has 0 amide bonds. The second kappa shape index (κ2) is 11.4.